The second-order valence-corrected chi connectivity index (χ2v) is 14.0. The molecule has 11 nitrogen and oxygen atoms in total. The van der Waals surface area contributed by atoms with E-state index in [0.29, 0.717) is 0 Å². The Labute approximate surface area is 247 Å². The van der Waals surface area contributed by atoms with Crippen molar-refractivity contribution in [3.05, 3.63) is 12.2 Å². The van der Waals surface area contributed by atoms with Gasteiger partial charge in [-0.2, -0.15) is 0 Å². The van der Waals surface area contributed by atoms with Crippen molar-refractivity contribution in [1.82, 2.24) is 0 Å². The monoisotopic (exact) mass is 696 g/mol. The molecule has 1 rings (SSSR count). The van der Waals surface area contributed by atoms with Gasteiger partial charge in [0.1, 0.15) is 25.7 Å². The Morgan fingerprint density at radius 3 is 1.33 bits per heavy atom. The number of carboxylic acid groups (broad SMARTS) is 1. The molecule has 0 spiro atoms. The molecule has 4 atom stereocenters. The van der Waals surface area contributed by atoms with Crippen molar-refractivity contribution < 1.29 is 52.7 Å². The lowest BCUT2D eigenvalue weighted by atomic mass is 9.88. The summed E-state index contributed by atoms with van der Waals surface area (Å²) in [7, 11) is 0. The van der Waals surface area contributed by atoms with Crippen LogP contribution in [-0.2, 0) is 33.2 Å². The normalized spacial score (nSPS) is 22.2. The van der Waals surface area contributed by atoms with E-state index in [1.807, 2.05) is 0 Å². The highest BCUT2D eigenvalue weighted by Gasteiger charge is 2.48. The Bertz CT molecular complexity index is 835. The van der Waals surface area contributed by atoms with Gasteiger partial charge in [0.2, 0.25) is 11.4 Å². The van der Waals surface area contributed by atoms with Gasteiger partial charge in [0.25, 0.3) is 0 Å². The first-order valence-electron chi connectivity index (χ1n) is 8.89. The number of ether oxygens (including phenoxy) is 6. The molecular weight excluding hydrogens is 687 g/mol. The molecule has 0 saturated heterocycles. The third-order valence-corrected chi connectivity index (χ3v) is 4.53. The third kappa shape index (κ3) is 14.0. The smallest absolute Gasteiger partial charge is 0.481 e. The Morgan fingerprint density at radius 2 is 0.972 bits per heavy atom. The first-order chi connectivity index (χ1) is 16.3. The van der Waals surface area contributed by atoms with Crippen molar-refractivity contribution in [3.63, 3.8) is 0 Å². The second kappa shape index (κ2) is 14.1. The van der Waals surface area contributed by atoms with Gasteiger partial charge in [-0.3, -0.25) is 4.79 Å². The zero-order valence-electron chi connectivity index (χ0n) is 17.0. The Kier molecular flexibility index (Phi) is 13.2. The van der Waals surface area contributed by atoms with E-state index in [4.69, 9.17) is 119 Å². The maximum atomic E-state index is 12.2. The van der Waals surface area contributed by atoms with Gasteiger partial charge in [0.05, 0.1) is 0 Å². The van der Waals surface area contributed by atoms with Crippen LogP contribution < -0.4 is 0 Å². The summed E-state index contributed by atoms with van der Waals surface area (Å²) in [4.78, 5) is 48.1. The molecule has 0 bridgehead atoms. The molecule has 0 aromatic rings. The largest absolute Gasteiger partial charge is 0.509 e. The summed E-state index contributed by atoms with van der Waals surface area (Å²) in [5.74, 6) is -3.21. The molecule has 36 heavy (non-hydrogen) atoms. The number of hydrogen-bond donors (Lipinski definition) is 1. The number of rotatable bonds is 7. The summed E-state index contributed by atoms with van der Waals surface area (Å²) < 4.78 is 22.7. The quantitative estimate of drug-likeness (QED) is 0.146. The van der Waals surface area contributed by atoms with Crippen LogP contribution in [0.4, 0.5) is 14.4 Å². The maximum Gasteiger partial charge on any atom is 0.509 e. The molecule has 206 valence electrons. The van der Waals surface area contributed by atoms with Crippen LogP contribution >= 0.6 is 104 Å². The lowest BCUT2D eigenvalue weighted by Crippen LogP contribution is -2.52. The summed E-state index contributed by atoms with van der Waals surface area (Å²) >= 11 is 49.4. The summed E-state index contributed by atoms with van der Waals surface area (Å²) in [5, 5.41) is 9.54. The first-order valence-corrected chi connectivity index (χ1v) is 12.3. The van der Waals surface area contributed by atoms with Gasteiger partial charge in [-0.25, -0.2) is 14.4 Å². The predicted molar refractivity (Wildman–Crippen MR) is 130 cm³/mol. The molecule has 0 aliphatic heterocycles. The minimum Gasteiger partial charge on any atom is -0.481 e. The standard InChI is InChI=1S/C16H13Cl9O11/c17-14(18,19)3-31-11(28)34-7-2-1-6(10(26)27)8(35-12(29)32-4-15(20,21)22)9(7)36-13(30)33-5-16(23,24)25/h1-2,6-9H,3-5H2,(H,26,27)/t6-,7-,8+,9+/m1/s1. The topological polar surface area (TPSA) is 144 Å². The van der Waals surface area contributed by atoms with Crippen molar-refractivity contribution in [3.8, 4) is 0 Å². The van der Waals surface area contributed by atoms with Gasteiger partial charge in [-0.15, -0.1) is 0 Å². The number of halogens is 9. The third-order valence-electron chi connectivity index (χ3n) is 3.55. The van der Waals surface area contributed by atoms with Crippen LogP contribution in [0.1, 0.15) is 0 Å². The average molecular weight is 700 g/mol. The molecule has 0 unspecified atom stereocenters. The number of alkyl halides is 9. The Balaban J connectivity index is 3.18. The molecule has 1 aliphatic rings. The van der Waals surface area contributed by atoms with Crippen LogP contribution in [0.25, 0.3) is 0 Å². The molecule has 1 N–H and O–H groups in total. The summed E-state index contributed by atoms with van der Waals surface area (Å²) in [6.45, 7) is -2.34. The van der Waals surface area contributed by atoms with E-state index in [9.17, 15) is 24.3 Å². The fourth-order valence-corrected chi connectivity index (χ4v) is 2.79. The highest BCUT2D eigenvalue weighted by molar-refractivity contribution is 6.68. The fraction of sp³-hybridized carbons (Fsp3) is 0.625. The number of aliphatic carboxylic acids is 1. The predicted octanol–water partition coefficient (Wildman–Crippen LogP) is 5.93. The van der Waals surface area contributed by atoms with Crippen LogP contribution in [0.5, 0.6) is 0 Å². The Hall–Kier alpha value is -0.370. The van der Waals surface area contributed by atoms with Crippen LogP contribution in [0.15, 0.2) is 12.2 Å². The van der Waals surface area contributed by atoms with E-state index in [0.717, 1.165) is 12.2 Å². The lowest BCUT2D eigenvalue weighted by molar-refractivity contribution is -0.153. The number of carbonyl (C=O) groups excluding carboxylic acids is 3. The van der Waals surface area contributed by atoms with Gasteiger partial charge in [-0.1, -0.05) is 110 Å². The van der Waals surface area contributed by atoms with Gasteiger partial charge < -0.3 is 33.5 Å². The van der Waals surface area contributed by atoms with Crippen molar-refractivity contribution in [2.75, 3.05) is 19.8 Å². The van der Waals surface area contributed by atoms with Crippen LogP contribution in [0.3, 0.4) is 0 Å². The van der Waals surface area contributed by atoms with Gasteiger partial charge in [0, 0.05) is 0 Å². The second-order valence-electron chi connectivity index (χ2n) is 6.46. The average Bonchev–Trinajstić information content (AvgIpc) is 2.69. The van der Waals surface area contributed by atoms with E-state index in [1.165, 1.54) is 0 Å². The molecule has 0 radical (unpaired) electrons. The highest BCUT2D eigenvalue weighted by Crippen LogP contribution is 2.31. The van der Waals surface area contributed by atoms with Gasteiger partial charge in [0.15, 0.2) is 18.3 Å². The van der Waals surface area contributed by atoms with Crippen molar-refractivity contribution in [2.24, 2.45) is 5.92 Å². The summed E-state index contributed by atoms with van der Waals surface area (Å²) in [6.07, 6.45) is -7.93. The molecule has 0 aromatic carbocycles. The molecule has 0 aromatic heterocycles. The number of carbonyl (C=O) groups is 4. The SMILES string of the molecule is O=C(OCC(Cl)(Cl)Cl)O[C@@H]1[C@@H](OC(=O)OCC(Cl)(Cl)Cl)[C@H](C(=O)O)C=C[C@H]1OC(=O)OCC(Cl)(Cl)Cl. The fourth-order valence-electron chi connectivity index (χ4n) is 2.30. The van der Waals surface area contributed by atoms with Crippen molar-refractivity contribution in [1.29, 1.82) is 0 Å². The van der Waals surface area contributed by atoms with E-state index >= 15 is 0 Å². The molecule has 0 amide bonds. The van der Waals surface area contributed by atoms with E-state index in [2.05, 4.69) is 14.2 Å². The lowest BCUT2D eigenvalue weighted by Gasteiger charge is -2.35. The van der Waals surface area contributed by atoms with Crippen molar-refractivity contribution >= 4 is 129 Å². The summed E-state index contributed by atoms with van der Waals surface area (Å²) in [5.41, 5.74) is 0. The van der Waals surface area contributed by atoms with Crippen LogP contribution in [0.2, 0.25) is 0 Å². The zero-order chi connectivity index (χ0) is 27.9. The zero-order valence-corrected chi connectivity index (χ0v) is 23.8. The van der Waals surface area contributed by atoms with Gasteiger partial charge in [-0.05, 0) is 6.08 Å². The first kappa shape index (κ1) is 33.7. The van der Waals surface area contributed by atoms with E-state index in [-0.39, 0.29) is 0 Å². The van der Waals surface area contributed by atoms with Crippen LogP contribution in [0, 0.1) is 5.92 Å². The molecule has 1 aliphatic carbocycles. The molecule has 0 fully saturated rings. The minimum absolute atomic E-state index is 0.745. The maximum absolute atomic E-state index is 12.2. The number of carboxylic acids is 1. The van der Waals surface area contributed by atoms with Gasteiger partial charge >= 0.3 is 24.4 Å². The van der Waals surface area contributed by atoms with E-state index < -0.39 is 79.9 Å². The van der Waals surface area contributed by atoms with E-state index in [1.54, 1.807) is 0 Å². The Morgan fingerprint density at radius 1 is 0.611 bits per heavy atom. The highest BCUT2D eigenvalue weighted by atomic mass is 35.6. The number of hydrogen-bond acceptors (Lipinski definition) is 10. The minimum atomic E-state index is -2.04. The molecule has 0 heterocycles. The molecular formula is C16H13Cl9O11. The van der Waals surface area contributed by atoms with Crippen molar-refractivity contribution in [2.45, 2.75) is 29.7 Å². The summed E-state index contributed by atoms with van der Waals surface area (Å²) in [6, 6.07) is 0. The molecule has 0 saturated carbocycles. The molecule has 20 heteroatoms. The van der Waals surface area contributed by atoms with Crippen LogP contribution in [-0.4, -0.2) is 79.1 Å².